The molecule has 2 N–H and O–H groups in total. The summed E-state index contributed by atoms with van der Waals surface area (Å²) < 4.78 is 26.7. The van der Waals surface area contributed by atoms with Crippen molar-refractivity contribution < 1.29 is 8.78 Å². The molecule has 108 valence electrons. The van der Waals surface area contributed by atoms with E-state index >= 15 is 0 Å². The summed E-state index contributed by atoms with van der Waals surface area (Å²) in [6.45, 7) is 4.56. The van der Waals surface area contributed by atoms with Gasteiger partial charge in [0.1, 0.15) is 11.6 Å². The number of nitrogens with zero attached hydrogens (tertiary/aromatic N) is 1. The van der Waals surface area contributed by atoms with Crippen molar-refractivity contribution in [3.05, 3.63) is 52.9 Å². The maximum atomic E-state index is 13.6. The van der Waals surface area contributed by atoms with E-state index in [0.29, 0.717) is 5.56 Å². The van der Waals surface area contributed by atoms with Crippen LogP contribution in [0.1, 0.15) is 36.2 Å². The van der Waals surface area contributed by atoms with Gasteiger partial charge in [0, 0.05) is 17.3 Å². The lowest BCUT2D eigenvalue weighted by atomic mass is 10.1. The number of benzene rings is 1. The molecule has 0 aliphatic carbocycles. The molecule has 0 aliphatic rings. The van der Waals surface area contributed by atoms with Gasteiger partial charge in [0.15, 0.2) is 0 Å². The zero-order chi connectivity index (χ0) is 14.5. The molecule has 0 saturated carbocycles. The lowest BCUT2D eigenvalue weighted by Gasteiger charge is -2.15. The van der Waals surface area contributed by atoms with Gasteiger partial charge >= 0.3 is 0 Å². The zero-order valence-corrected chi connectivity index (χ0v) is 11.7. The fourth-order valence-electron chi connectivity index (χ4n) is 2.18. The van der Waals surface area contributed by atoms with Crippen molar-refractivity contribution in [1.82, 2.24) is 15.5 Å². The summed E-state index contributed by atoms with van der Waals surface area (Å²) in [6.07, 6.45) is 3.65. The average Bonchev–Trinajstić information content (AvgIpc) is 2.83. The number of aromatic nitrogens is 2. The Kier molecular flexibility index (Phi) is 4.84. The van der Waals surface area contributed by atoms with Gasteiger partial charge in [0.25, 0.3) is 0 Å². The van der Waals surface area contributed by atoms with Crippen LogP contribution < -0.4 is 5.32 Å². The molecule has 20 heavy (non-hydrogen) atoms. The first-order valence-electron chi connectivity index (χ1n) is 6.75. The van der Waals surface area contributed by atoms with E-state index in [1.165, 1.54) is 11.6 Å². The Labute approximate surface area is 117 Å². The standard InChI is InChI=1S/C15H19F2N3/c1-10-12(9-19-20-10)4-3-7-18-11(2)14-8-13(16)5-6-15(14)17/h5-6,8-9,11,18H,3-4,7H2,1-2H3,(H,19,20). The number of halogens is 2. The Balaban J connectivity index is 1.82. The average molecular weight is 279 g/mol. The quantitative estimate of drug-likeness (QED) is 0.797. The van der Waals surface area contributed by atoms with E-state index in [9.17, 15) is 8.78 Å². The van der Waals surface area contributed by atoms with Crippen molar-refractivity contribution in [1.29, 1.82) is 0 Å². The maximum Gasteiger partial charge on any atom is 0.128 e. The first-order valence-corrected chi connectivity index (χ1v) is 6.75. The van der Waals surface area contributed by atoms with Crippen LogP contribution in [0.3, 0.4) is 0 Å². The largest absolute Gasteiger partial charge is 0.310 e. The van der Waals surface area contributed by atoms with Gasteiger partial charge < -0.3 is 5.32 Å². The highest BCUT2D eigenvalue weighted by atomic mass is 19.1. The number of aryl methyl sites for hydroxylation is 2. The Morgan fingerprint density at radius 3 is 2.85 bits per heavy atom. The molecule has 0 amide bonds. The first kappa shape index (κ1) is 14.7. The molecule has 2 aromatic rings. The normalized spacial score (nSPS) is 12.6. The first-order chi connectivity index (χ1) is 9.58. The summed E-state index contributed by atoms with van der Waals surface area (Å²) >= 11 is 0. The van der Waals surface area contributed by atoms with Crippen molar-refractivity contribution >= 4 is 0 Å². The Hall–Kier alpha value is -1.75. The van der Waals surface area contributed by atoms with Crippen molar-refractivity contribution in [3.63, 3.8) is 0 Å². The fraction of sp³-hybridized carbons (Fsp3) is 0.400. The van der Waals surface area contributed by atoms with Crippen molar-refractivity contribution in [2.24, 2.45) is 0 Å². The molecule has 1 aromatic heterocycles. The Bertz CT molecular complexity index is 566. The molecule has 0 radical (unpaired) electrons. The molecule has 3 nitrogen and oxygen atoms in total. The van der Waals surface area contributed by atoms with Crippen LogP contribution in [-0.4, -0.2) is 16.7 Å². The third-order valence-electron chi connectivity index (χ3n) is 3.43. The summed E-state index contributed by atoms with van der Waals surface area (Å²) in [7, 11) is 0. The summed E-state index contributed by atoms with van der Waals surface area (Å²) in [5.74, 6) is -0.791. The summed E-state index contributed by atoms with van der Waals surface area (Å²) in [5.41, 5.74) is 2.63. The monoisotopic (exact) mass is 279 g/mol. The van der Waals surface area contributed by atoms with Crippen molar-refractivity contribution in [2.45, 2.75) is 32.7 Å². The summed E-state index contributed by atoms with van der Waals surface area (Å²) in [6, 6.07) is 3.33. The number of aromatic amines is 1. The van der Waals surface area contributed by atoms with Gasteiger partial charge in [-0.2, -0.15) is 5.10 Å². The third-order valence-corrected chi connectivity index (χ3v) is 3.43. The molecule has 0 saturated heterocycles. The number of hydrogen-bond acceptors (Lipinski definition) is 2. The molecule has 0 bridgehead atoms. The molecule has 0 spiro atoms. The molecular weight excluding hydrogens is 260 g/mol. The van der Waals surface area contributed by atoms with Gasteiger partial charge in [-0.25, -0.2) is 8.78 Å². The Morgan fingerprint density at radius 1 is 1.35 bits per heavy atom. The number of hydrogen-bond donors (Lipinski definition) is 2. The smallest absolute Gasteiger partial charge is 0.128 e. The van der Waals surface area contributed by atoms with Gasteiger partial charge in [0.05, 0.1) is 6.20 Å². The van der Waals surface area contributed by atoms with Crippen molar-refractivity contribution in [3.8, 4) is 0 Å². The van der Waals surface area contributed by atoms with E-state index in [2.05, 4.69) is 15.5 Å². The fourth-order valence-corrected chi connectivity index (χ4v) is 2.18. The SMILES string of the molecule is Cc1[nH]ncc1CCCNC(C)c1cc(F)ccc1F. The minimum Gasteiger partial charge on any atom is -0.310 e. The van der Waals surface area contributed by atoms with Crippen LogP contribution in [0, 0.1) is 18.6 Å². The lowest BCUT2D eigenvalue weighted by Crippen LogP contribution is -2.21. The minimum absolute atomic E-state index is 0.212. The highest BCUT2D eigenvalue weighted by Crippen LogP contribution is 2.18. The molecule has 0 aliphatic heterocycles. The molecule has 1 atom stereocenters. The van der Waals surface area contributed by atoms with E-state index in [1.807, 2.05) is 20.0 Å². The second kappa shape index (κ2) is 6.61. The molecule has 1 aromatic carbocycles. The summed E-state index contributed by atoms with van der Waals surface area (Å²) in [5, 5.41) is 10.1. The zero-order valence-electron chi connectivity index (χ0n) is 11.7. The van der Waals surface area contributed by atoms with Gasteiger partial charge in [-0.3, -0.25) is 5.10 Å². The van der Waals surface area contributed by atoms with Gasteiger partial charge in [0.2, 0.25) is 0 Å². The number of rotatable bonds is 6. The minimum atomic E-state index is -0.413. The van der Waals surface area contributed by atoms with E-state index in [-0.39, 0.29) is 11.9 Å². The second-order valence-electron chi connectivity index (χ2n) is 4.97. The van der Waals surface area contributed by atoms with Gasteiger partial charge in [-0.05, 0) is 57.0 Å². The van der Waals surface area contributed by atoms with Gasteiger partial charge in [-0.1, -0.05) is 0 Å². The van der Waals surface area contributed by atoms with E-state index in [0.717, 1.165) is 37.2 Å². The second-order valence-corrected chi connectivity index (χ2v) is 4.97. The number of H-pyrrole nitrogens is 1. The van der Waals surface area contributed by atoms with E-state index in [1.54, 1.807) is 0 Å². The topological polar surface area (TPSA) is 40.7 Å². The highest BCUT2D eigenvalue weighted by Gasteiger charge is 2.11. The Morgan fingerprint density at radius 2 is 2.15 bits per heavy atom. The molecular formula is C15H19F2N3. The van der Waals surface area contributed by atoms with E-state index in [4.69, 9.17) is 0 Å². The van der Waals surface area contributed by atoms with Crippen LogP contribution in [0.2, 0.25) is 0 Å². The van der Waals surface area contributed by atoms with Crippen molar-refractivity contribution in [2.75, 3.05) is 6.54 Å². The van der Waals surface area contributed by atoms with Crippen LogP contribution in [-0.2, 0) is 6.42 Å². The molecule has 0 fully saturated rings. The highest BCUT2D eigenvalue weighted by molar-refractivity contribution is 5.21. The van der Waals surface area contributed by atoms with E-state index < -0.39 is 5.82 Å². The predicted octanol–water partition coefficient (Wildman–Crippen LogP) is 3.28. The maximum absolute atomic E-state index is 13.6. The lowest BCUT2D eigenvalue weighted by molar-refractivity contribution is 0.513. The van der Waals surface area contributed by atoms with Crippen LogP contribution >= 0.6 is 0 Å². The third kappa shape index (κ3) is 3.63. The molecule has 2 rings (SSSR count). The predicted molar refractivity (Wildman–Crippen MR) is 74.4 cm³/mol. The van der Waals surface area contributed by atoms with Gasteiger partial charge in [-0.15, -0.1) is 0 Å². The van der Waals surface area contributed by atoms with Crippen LogP contribution in [0.5, 0.6) is 0 Å². The number of nitrogens with one attached hydrogen (secondary N) is 2. The molecule has 1 unspecified atom stereocenters. The molecule has 1 heterocycles. The van der Waals surface area contributed by atoms with Crippen LogP contribution in [0.15, 0.2) is 24.4 Å². The molecule has 5 heteroatoms. The van der Waals surface area contributed by atoms with Crippen LogP contribution in [0.25, 0.3) is 0 Å². The summed E-state index contributed by atoms with van der Waals surface area (Å²) in [4.78, 5) is 0. The van der Waals surface area contributed by atoms with Crippen LogP contribution in [0.4, 0.5) is 8.78 Å².